The van der Waals surface area contributed by atoms with E-state index in [1.807, 2.05) is 0 Å². The third-order valence-corrected chi connectivity index (χ3v) is 7.17. The van der Waals surface area contributed by atoms with Crippen molar-refractivity contribution in [2.24, 2.45) is 0 Å². The number of carbonyl (C=O) groups is 1. The summed E-state index contributed by atoms with van der Waals surface area (Å²) in [6.07, 6.45) is 1.26. The first kappa shape index (κ1) is 20.6. The van der Waals surface area contributed by atoms with Crippen LogP contribution in [-0.4, -0.2) is 14.3 Å². The van der Waals surface area contributed by atoms with Crippen molar-refractivity contribution in [1.82, 2.24) is 0 Å². The van der Waals surface area contributed by atoms with Gasteiger partial charge >= 0.3 is 0 Å². The molecule has 0 radical (unpaired) electrons. The highest BCUT2D eigenvalue weighted by molar-refractivity contribution is 7.97. The number of sulfone groups is 1. The molecule has 1 atom stereocenters. The van der Waals surface area contributed by atoms with E-state index in [0.717, 1.165) is 0 Å². The zero-order valence-corrected chi connectivity index (χ0v) is 17.6. The average Bonchev–Trinajstić information content (AvgIpc) is 2.91. The van der Waals surface area contributed by atoms with E-state index >= 15 is 0 Å². The molecule has 1 aliphatic rings. The van der Waals surface area contributed by atoms with E-state index in [1.54, 1.807) is 48.5 Å². The standard InChI is InChI=1S/C22H14Cl2FNO3S/c23-16-5-3-15(4-6-16)22-26(19-11-7-17(24)8-12-19)21(27)20(30(22,28)29)13-14-1-9-18(25)10-2-14/h1-13,22H. The maximum Gasteiger partial charge on any atom is 0.271 e. The van der Waals surface area contributed by atoms with Gasteiger partial charge in [0.05, 0.1) is 0 Å². The van der Waals surface area contributed by atoms with Gasteiger partial charge in [0.15, 0.2) is 5.37 Å². The van der Waals surface area contributed by atoms with Gasteiger partial charge in [-0.1, -0.05) is 47.5 Å². The molecule has 1 fully saturated rings. The summed E-state index contributed by atoms with van der Waals surface area (Å²) in [6, 6.07) is 17.8. The molecule has 1 heterocycles. The molecule has 3 aromatic carbocycles. The smallest absolute Gasteiger partial charge is 0.271 e. The molecule has 0 aromatic heterocycles. The molecular formula is C22H14Cl2FNO3S. The Morgan fingerprint density at radius 1 is 0.833 bits per heavy atom. The Kier molecular flexibility index (Phi) is 5.40. The highest BCUT2D eigenvalue weighted by Gasteiger charge is 2.50. The lowest BCUT2D eigenvalue weighted by molar-refractivity contribution is -0.114. The monoisotopic (exact) mass is 461 g/mol. The lowest BCUT2D eigenvalue weighted by Crippen LogP contribution is -2.28. The first-order valence-electron chi connectivity index (χ1n) is 8.83. The molecule has 1 unspecified atom stereocenters. The van der Waals surface area contributed by atoms with Gasteiger partial charge in [-0.2, -0.15) is 0 Å². The Balaban J connectivity index is 1.90. The molecule has 0 saturated carbocycles. The van der Waals surface area contributed by atoms with E-state index in [4.69, 9.17) is 23.2 Å². The van der Waals surface area contributed by atoms with E-state index in [-0.39, 0.29) is 4.91 Å². The van der Waals surface area contributed by atoms with Crippen molar-refractivity contribution >= 4 is 50.7 Å². The van der Waals surface area contributed by atoms with Crippen LogP contribution >= 0.6 is 23.2 Å². The molecule has 1 saturated heterocycles. The molecule has 3 aromatic rings. The Bertz CT molecular complexity index is 1240. The fraction of sp³-hybridized carbons (Fsp3) is 0.0455. The molecule has 8 heteroatoms. The second-order valence-corrected chi connectivity index (χ2v) is 9.51. The fourth-order valence-corrected chi connectivity index (χ4v) is 5.42. The second-order valence-electron chi connectivity index (χ2n) is 6.66. The minimum absolute atomic E-state index is 0.371. The number of amides is 1. The predicted octanol–water partition coefficient (Wildman–Crippen LogP) is 5.63. The van der Waals surface area contributed by atoms with Crippen LogP contribution in [0.15, 0.2) is 77.7 Å². The van der Waals surface area contributed by atoms with Crippen LogP contribution < -0.4 is 4.90 Å². The molecular weight excluding hydrogens is 448 g/mol. The minimum atomic E-state index is -4.09. The summed E-state index contributed by atoms with van der Waals surface area (Å²) in [5.74, 6) is -1.14. The van der Waals surface area contributed by atoms with Crippen molar-refractivity contribution in [2.45, 2.75) is 5.37 Å². The van der Waals surface area contributed by atoms with E-state index in [2.05, 4.69) is 0 Å². The molecule has 0 aliphatic carbocycles. The minimum Gasteiger partial charge on any atom is -0.286 e. The Morgan fingerprint density at radius 3 is 1.93 bits per heavy atom. The van der Waals surface area contributed by atoms with E-state index < -0.39 is 26.9 Å². The molecule has 0 spiro atoms. The van der Waals surface area contributed by atoms with Crippen molar-refractivity contribution in [2.75, 3.05) is 4.90 Å². The van der Waals surface area contributed by atoms with E-state index in [0.29, 0.717) is 26.9 Å². The molecule has 1 amide bonds. The van der Waals surface area contributed by atoms with Gasteiger partial charge in [0, 0.05) is 15.7 Å². The van der Waals surface area contributed by atoms with Crippen molar-refractivity contribution in [3.05, 3.63) is 105 Å². The summed E-state index contributed by atoms with van der Waals surface area (Å²) in [7, 11) is -4.09. The summed E-state index contributed by atoms with van der Waals surface area (Å²) < 4.78 is 40.1. The number of hydrogen-bond donors (Lipinski definition) is 0. The number of halogens is 3. The number of benzene rings is 3. The van der Waals surface area contributed by atoms with Crippen LogP contribution in [-0.2, 0) is 14.6 Å². The highest BCUT2D eigenvalue weighted by atomic mass is 35.5. The average molecular weight is 462 g/mol. The van der Waals surface area contributed by atoms with Crippen molar-refractivity contribution < 1.29 is 17.6 Å². The summed E-state index contributed by atoms with van der Waals surface area (Å²) >= 11 is 11.9. The van der Waals surface area contributed by atoms with Crippen LogP contribution in [0.25, 0.3) is 6.08 Å². The normalized spacial score (nSPS) is 19.4. The lowest BCUT2D eigenvalue weighted by atomic mass is 10.1. The molecule has 4 rings (SSSR count). The van der Waals surface area contributed by atoms with Gasteiger partial charge in [0.25, 0.3) is 5.91 Å². The summed E-state index contributed by atoms with van der Waals surface area (Å²) in [5, 5.41) is -0.367. The van der Waals surface area contributed by atoms with Gasteiger partial charge in [-0.05, 0) is 65.7 Å². The molecule has 0 N–H and O–H groups in total. The van der Waals surface area contributed by atoms with Crippen LogP contribution in [0.5, 0.6) is 0 Å². The lowest BCUT2D eigenvalue weighted by Gasteiger charge is -2.23. The SMILES string of the molecule is O=C1C(=Cc2ccc(F)cc2)S(=O)(=O)C(c2ccc(Cl)cc2)N1c1ccc(Cl)cc1. The first-order chi connectivity index (χ1) is 14.3. The summed E-state index contributed by atoms with van der Waals surface area (Å²) in [5.41, 5.74) is 1.18. The topological polar surface area (TPSA) is 54.5 Å². The van der Waals surface area contributed by atoms with Gasteiger partial charge < -0.3 is 0 Å². The molecule has 0 bridgehead atoms. The zero-order valence-electron chi connectivity index (χ0n) is 15.3. The quantitative estimate of drug-likeness (QED) is 0.474. The number of carbonyl (C=O) groups excluding carboxylic acids is 1. The summed E-state index contributed by atoms with van der Waals surface area (Å²) in [4.78, 5) is 14.1. The Morgan fingerprint density at radius 2 is 1.37 bits per heavy atom. The van der Waals surface area contributed by atoms with Crippen molar-refractivity contribution in [3.8, 4) is 0 Å². The van der Waals surface area contributed by atoms with Crippen molar-refractivity contribution in [1.29, 1.82) is 0 Å². The summed E-state index contributed by atoms with van der Waals surface area (Å²) in [6.45, 7) is 0. The number of nitrogens with zero attached hydrogens (tertiary/aromatic N) is 1. The second kappa shape index (κ2) is 7.87. The Labute approximate surface area is 183 Å². The maximum atomic E-state index is 13.4. The number of rotatable bonds is 3. The predicted molar refractivity (Wildman–Crippen MR) is 116 cm³/mol. The molecule has 152 valence electrons. The largest absolute Gasteiger partial charge is 0.286 e. The van der Waals surface area contributed by atoms with Gasteiger partial charge in [0.1, 0.15) is 10.7 Å². The van der Waals surface area contributed by atoms with Crippen LogP contribution in [0.2, 0.25) is 10.0 Å². The third-order valence-electron chi connectivity index (χ3n) is 4.69. The third kappa shape index (κ3) is 3.74. The number of anilines is 1. The van der Waals surface area contributed by atoms with Crippen molar-refractivity contribution in [3.63, 3.8) is 0 Å². The van der Waals surface area contributed by atoms with E-state index in [9.17, 15) is 17.6 Å². The number of hydrogen-bond acceptors (Lipinski definition) is 3. The van der Waals surface area contributed by atoms with Gasteiger partial charge in [-0.15, -0.1) is 0 Å². The van der Waals surface area contributed by atoms with Gasteiger partial charge in [-0.3, -0.25) is 9.69 Å². The molecule has 4 nitrogen and oxygen atoms in total. The van der Waals surface area contributed by atoms with Gasteiger partial charge in [-0.25, -0.2) is 12.8 Å². The van der Waals surface area contributed by atoms with Crippen LogP contribution in [0.4, 0.5) is 10.1 Å². The molecule has 30 heavy (non-hydrogen) atoms. The molecule has 1 aliphatic heterocycles. The van der Waals surface area contributed by atoms with E-state index in [1.165, 1.54) is 35.2 Å². The highest BCUT2D eigenvalue weighted by Crippen LogP contribution is 2.43. The maximum absolute atomic E-state index is 13.4. The van der Waals surface area contributed by atoms with Crippen LogP contribution in [0, 0.1) is 5.82 Å². The fourth-order valence-electron chi connectivity index (χ4n) is 3.27. The Hall–Kier alpha value is -2.67. The first-order valence-corrected chi connectivity index (χ1v) is 11.1. The zero-order chi connectivity index (χ0) is 21.5. The van der Waals surface area contributed by atoms with Crippen LogP contribution in [0.1, 0.15) is 16.5 Å². The van der Waals surface area contributed by atoms with Gasteiger partial charge in [0.2, 0.25) is 9.84 Å². The van der Waals surface area contributed by atoms with Crippen LogP contribution in [0.3, 0.4) is 0 Å².